The molecule has 2 aromatic rings. The van der Waals surface area contributed by atoms with Gasteiger partial charge in [-0.1, -0.05) is 64.0 Å². The van der Waals surface area contributed by atoms with Crippen molar-refractivity contribution in [3.8, 4) is 17.6 Å². The molecule has 0 radical (unpaired) electrons. The monoisotopic (exact) mass is 418 g/mol. The molecule has 0 N–H and O–H groups in total. The Kier molecular flexibility index (Phi) is 10.4. The van der Waals surface area contributed by atoms with Crippen molar-refractivity contribution in [2.45, 2.75) is 46.5 Å². The minimum absolute atomic E-state index is 0.368. The summed E-state index contributed by atoms with van der Waals surface area (Å²) in [6.45, 7) is 7.63. The Morgan fingerprint density at radius 2 is 1.52 bits per heavy atom. The highest BCUT2D eigenvalue weighted by Crippen LogP contribution is 2.17. The first-order valence-corrected chi connectivity index (χ1v) is 11.1. The summed E-state index contributed by atoms with van der Waals surface area (Å²) < 4.78 is 10.5. The van der Waals surface area contributed by atoms with Crippen molar-refractivity contribution in [3.63, 3.8) is 0 Å². The number of esters is 1. The normalized spacial score (nSPS) is 11.8. The Hall–Kier alpha value is -2.99. The Balaban J connectivity index is 1.79. The van der Waals surface area contributed by atoms with E-state index in [1.165, 1.54) is 32.4 Å². The van der Waals surface area contributed by atoms with E-state index in [0.29, 0.717) is 5.92 Å². The predicted molar refractivity (Wildman–Crippen MR) is 128 cm³/mol. The Morgan fingerprint density at radius 1 is 0.903 bits per heavy atom. The molecule has 0 aliphatic rings. The molecule has 0 aliphatic heterocycles. The molecular formula is C28H34O3. The number of methoxy groups -OCH3 is 1. The van der Waals surface area contributed by atoms with Gasteiger partial charge in [0, 0.05) is 17.2 Å². The molecule has 0 aliphatic carbocycles. The highest BCUT2D eigenvalue weighted by molar-refractivity contribution is 5.86. The Labute approximate surface area is 187 Å². The van der Waals surface area contributed by atoms with E-state index < -0.39 is 0 Å². The molecule has 0 saturated carbocycles. The molecule has 164 valence electrons. The molecule has 31 heavy (non-hydrogen) atoms. The van der Waals surface area contributed by atoms with Gasteiger partial charge in [0.1, 0.15) is 5.75 Å². The van der Waals surface area contributed by atoms with Gasteiger partial charge in [0.2, 0.25) is 0 Å². The third-order valence-corrected chi connectivity index (χ3v) is 5.09. The van der Waals surface area contributed by atoms with Crippen LogP contribution in [0.15, 0.2) is 54.6 Å². The number of rotatable bonds is 10. The first-order valence-electron chi connectivity index (χ1n) is 11.1. The summed E-state index contributed by atoms with van der Waals surface area (Å²) in [5, 5.41) is 0. The minimum Gasteiger partial charge on any atom is -0.494 e. The first kappa shape index (κ1) is 24.3. The number of carbonyl (C=O) groups is 1. The maximum absolute atomic E-state index is 11.1. The van der Waals surface area contributed by atoms with Crippen LogP contribution in [0, 0.1) is 23.7 Å². The van der Waals surface area contributed by atoms with Crippen LogP contribution in [0.25, 0.3) is 6.08 Å². The fourth-order valence-corrected chi connectivity index (χ4v) is 3.09. The fraction of sp³-hybridized carbons (Fsp3) is 0.393. The molecule has 0 heterocycles. The summed E-state index contributed by atoms with van der Waals surface area (Å²) in [7, 11) is 1.36. The van der Waals surface area contributed by atoms with Crippen molar-refractivity contribution < 1.29 is 14.3 Å². The highest BCUT2D eigenvalue weighted by Gasteiger charge is 2.04. The van der Waals surface area contributed by atoms with Gasteiger partial charge in [-0.15, -0.1) is 0 Å². The number of hydrogen-bond donors (Lipinski definition) is 0. The van der Waals surface area contributed by atoms with Crippen LogP contribution < -0.4 is 4.74 Å². The zero-order valence-electron chi connectivity index (χ0n) is 19.2. The zero-order valence-corrected chi connectivity index (χ0v) is 19.2. The molecule has 0 aromatic heterocycles. The van der Waals surface area contributed by atoms with Crippen LogP contribution >= 0.6 is 0 Å². The van der Waals surface area contributed by atoms with E-state index in [1.807, 2.05) is 48.5 Å². The van der Waals surface area contributed by atoms with E-state index in [1.54, 1.807) is 6.08 Å². The van der Waals surface area contributed by atoms with Crippen LogP contribution in [0.3, 0.4) is 0 Å². The Bertz CT molecular complexity index is 881. The van der Waals surface area contributed by atoms with Gasteiger partial charge < -0.3 is 9.47 Å². The van der Waals surface area contributed by atoms with E-state index >= 15 is 0 Å². The van der Waals surface area contributed by atoms with Gasteiger partial charge in [0.05, 0.1) is 13.7 Å². The van der Waals surface area contributed by atoms with Crippen LogP contribution in [0.1, 0.15) is 63.1 Å². The second-order valence-electron chi connectivity index (χ2n) is 8.32. The molecule has 0 saturated heterocycles. The van der Waals surface area contributed by atoms with Crippen molar-refractivity contribution in [2.75, 3.05) is 13.7 Å². The second-order valence-corrected chi connectivity index (χ2v) is 8.32. The van der Waals surface area contributed by atoms with Gasteiger partial charge >= 0.3 is 5.97 Å². The average molecular weight is 419 g/mol. The van der Waals surface area contributed by atoms with Crippen LogP contribution in [0.2, 0.25) is 0 Å². The third kappa shape index (κ3) is 10.0. The lowest BCUT2D eigenvalue weighted by molar-refractivity contribution is -0.134. The molecule has 0 spiro atoms. The van der Waals surface area contributed by atoms with Crippen molar-refractivity contribution in [1.29, 1.82) is 0 Å². The van der Waals surface area contributed by atoms with Crippen molar-refractivity contribution in [3.05, 3.63) is 71.3 Å². The van der Waals surface area contributed by atoms with E-state index in [9.17, 15) is 4.79 Å². The highest BCUT2D eigenvalue weighted by atomic mass is 16.5. The summed E-state index contributed by atoms with van der Waals surface area (Å²) >= 11 is 0. The summed E-state index contributed by atoms with van der Waals surface area (Å²) in [5.74, 6) is 8.35. The predicted octanol–water partition coefficient (Wildman–Crippen LogP) is 6.50. The maximum Gasteiger partial charge on any atom is 0.330 e. The summed E-state index contributed by atoms with van der Waals surface area (Å²) in [5.41, 5.74) is 2.79. The van der Waals surface area contributed by atoms with Gasteiger partial charge in [-0.2, -0.15) is 0 Å². The van der Waals surface area contributed by atoms with Crippen LogP contribution in [0.5, 0.6) is 5.75 Å². The fourth-order valence-electron chi connectivity index (χ4n) is 3.09. The van der Waals surface area contributed by atoms with Gasteiger partial charge in [0.15, 0.2) is 0 Å². The molecule has 0 bridgehead atoms. The molecule has 2 aromatic carbocycles. The SMILES string of the molecule is COC(=O)/C=C/c1ccc(C#Cc2ccc(OCCC(C)CCCC(C)C)cc2)cc1. The van der Waals surface area contributed by atoms with Crippen molar-refractivity contribution in [2.24, 2.45) is 11.8 Å². The maximum atomic E-state index is 11.1. The average Bonchev–Trinajstić information content (AvgIpc) is 2.77. The lowest BCUT2D eigenvalue weighted by Gasteiger charge is -2.13. The number of benzene rings is 2. The molecule has 3 heteroatoms. The number of hydrogen-bond acceptors (Lipinski definition) is 3. The first-order chi connectivity index (χ1) is 15.0. The lowest BCUT2D eigenvalue weighted by atomic mass is 9.98. The molecular weight excluding hydrogens is 384 g/mol. The standard InChI is InChI=1S/C28H34O3/c1-22(2)6-5-7-23(3)20-21-31-27-17-14-26(15-18-27)13-10-24-8-11-25(12-9-24)16-19-28(29)30-4/h8-9,11-12,14-19,22-23H,5-7,20-21H2,1-4H3/b19-16+. The quantitative estimate of drug-likeness (QED) is 0.251. The molecule has 1 atom stereocenters. The van der Waals surface area contributed by atoms with E-state index in [0.717, 1.165) is 41.4 Å². The summed E-state index contributed by atoms with van der Waals surface area (Å²) in [6.07, 6.45) is 8.10. The van der Waals surface area contributed by atoms with Crippen molar-refractivity contribution in [1.82, 2.24) is 0 Å². The molecule has 0 fully saturated rings. The summed E-state index contributed by atoms with van der Waals surface area (Å²) in [6, 6.07) is 15.6. The van der Waals surface area contributed by atoms with E-state index in [-0.39, 0.29) is 5.97 Å². The number of carbonyl (C=O) groups excluding carboxylic acids is 1. The van der Waals surface area contributed by atoms with Gasteiger partial charge in [0.25, 0.3) is 0 Å². The van der Waals surface area contributed by atoms with E-state index in [2.05, 4.69) is 37.3 Å². The third-order valence-electron chi connectivity index (χ3n) is 5.09. The van der Waals surface area contributed by atoms with Gasteiger partial charge in [-0.05, 0) is 66.3 Å². The van der Waals surface area contributed by atoms with Gasteiger partial charge in [-0.25, -0.2) is 4.79 Å². The largest absolute Gasteiger partial charge is 0.494 e. The molecule has 2 rings (SSSR count). The lowest BCUT2D eigenvalue weighted by Crippen LogP contribution is -2.04. The zero-order chi connectivity index (χ0) is 22.5. The van der Waals surface area contributed by atoms with E-state index in [4.69, 9.17) is 4.74 Å². The second kappa shape index (κ2) is 13.3. The molecule has 0 amide bonds. The Morgan fingerprint density at radius 3 is 2.10 bits per heavy atom. The summed E-state index contributed by atoms with van der Waals surface area (Å²) in [4.78, 5) is 11.1. The van der Waals surface area contributed by atoms with Crippen LogP contribution in [0.4, 0.5) is 0 Å². The van der Waals surface area contributed by atoms with Gasteiger partial charge in [-0.3, -0.25) is 0 Å². The topological polar surface area (TPSA) is 35.5 Å². The molecule has 3 nitrogen and oxygen atoms in total. The van der Waals surface area contributed by atoms with Crippen molar-refractivity contribution >= 4 is 12.0 Å². The molecule has 1 unspecified atom stereocenters. The number of ether oxygens (including phenoxy) is 2. The smallest absolute Gasteiger partial charge is 0.330 e. The minimum atomic E-state index is -0.368. The van der Waals surface area contributed by atoms with Crippen LogP contribution in [-0.2, 0) is 9.53 Å². The van der Waals surface area contributed by atoms with Crippen LogP contribution in [-0.4, -0.2) is 19.7 Å².